The molecule has 1 rings (SSSR count). The number of hydrogen-bond donors (Lipinski definition) is 1. The number of halogens is 3. The minimum Gasteiger partial charge on any atom is -0.351 e. The van der Waals surface area contributed by atoms with Gasteiger partial charge in [-0.3, -0.25) is 4.79 Å². The van der Waals surface area contributed by atoms with Crippen LogP contribution in [0, 0.1) is 0 Å². The summed E-state index contributed by atoms with van der Waals surface area (Å²) in [6.07, 6.45) is 0. The van der Waals surface area contributed by atoms with Crippen molar-refractivity contribution in [1.82, 2.24) is 5.32 Å². The van der Waals surface area contributed by atoms with Gasteiger partial charge in [-0.15, -0.1) is 11.6 Å². The number of amides is 1. The second-order valence-corrected chi connectivity index (χ2v) is 3.79. The average molecular weight is 253 g/mol. The van der Waals surface area contributed by atoms with Crippen LogP contribution in [0.4, 0.5) is 0 Å². The second kappa shape index (κ2) is 5.44. The zero-order valence-corrected chi connectivity index (χ0v) is 9.46. The van der Waals surface area contributed by atoms with E-state index in [-0.39, 0.29) is 5.91 Å². The Kier molecular flexibility index (Phi) is 4.52. The Morgan fingerprint density at radius 3 is 2.64 bits per heavy atom. The SMILES string of the molecule is O=C(NCCCl)c1ccc(Cl)cc1Cl. The van der Waals surface area contributed by atoms with Gasteiger partial charge in [-0.25, -0.2) is 0 Å². The lowest BCUT2D eigenvalue weighted by atomic mass is 10.2. The molecule has 0 saturated heterocycles. The molecule has 0 radical (unpaired) electrons. The smallest absolute Gasteiger partial charge is 0.252 e. The summed E-state index contributed by atoms with van der Waals surface area (Å²) in [6, 6.07) is 4.72. The van der Waals surface area contributed by atoms with Crippen LogP contribution in [0.1, 0.15) is 10.4 Å². The molecule has 1 N–H and O–H groups in total. The lowest BCUT2D eigenvalue weighted by Crippen LogP contribution is -2.25. The molecule has 0 atom stereocenters. The molecule has 1 aromatic carbocycles. The number of benzene rings is 1. The summed E-state index contributed by atoms with van der Waals surface area (Å²) in [6.45, 7) is 0.416. The molecule has 1 amide bonds. The molecular weight excluding hydrogens is 244 g/mol. The summed E-state index contributed by atoms with van der Waals surface area (Å²) >= 11 is 16.9. The largest absolute Gasteiger partial charge is 0.351 e. The Morgan fingerprint density at radius 1 is 1.36 bits per heavy atom. The van der Waals surface area contributed by atoms with Crippen LogP contribution in [-0.4, -0.2) is 18.3 Å². The minimum absolute atomic E-state index is 0.243. The number of nitrogens with one attached hydrogen (secondary N) is 1. The third-order valence-corrected chi connectivity index (χ3v) is 2.29. The highest BCUT2D eigenvalue weighted by atomic mass is 35.5. The second-order valence-electron chi connectivity index (χ2n) is 2.57. The summed E-state index contributed by atoms with van der Waals surface area (Å²) in [5.74, 6) is 0.129. The van der Waals surface area contributed by atoms with Crippen molar-refractivity contribution in [3.63, 3.8) is 0 Å². The molecule has 0 aliphatic carbocycles. The molecule has 0 unspecified atom stereocenters. The van der Waals surface area contributed by atoms with Crippen molar-refractivity contribution in [2.75, 3.05) is 12.4 Å². The monoisotopic (exact) mass is 251 g/mol. The fourth-order valence-corrected chi connectivity index (χ4v) is 1.52. The van der Waals surface area contributed by atoms with E-state index in [9.17, 15) is 4.79 Å². The van der Waals surface area contributed by atoms with Crippen LogP contribution < -0.4 is 5.32 Å². The van der Waals surface area contributed by atoms with E-state index in [1.54, 1.807) is 12.1 Å². The number of hydrogen-bond acceptors (Lipinski definition) is 1. The Hall–Kier alpha value is -0.440. The fraction of sp³-hybridized carbons (Fsp3) is 0.222. The molecule has 0 bridgehead atoms. The van der Waals surface area contributed by atoms with Crippen molar-refractivity contribution in [1.29, 1.82) is 0 Å². The van der Waals surface area contributed by atoms with Gasteiger partial charge in [0.05, 0.1) is 10.6 Å². The first-order valence-corrected chi connectivity index (χ1v) is 5.23. The zero-order chi connectivity index (χ0) is 10.6. The van der Waals surface area contributed by atoms with Crippen molar-refractivity contribution in [2.45, 2.75) is 0 Å². The van der Waals surface area contributed by atoms with Crippen LogP contribution in [0.5, 0.6) is 0 Å². The highest BCUT2D eigenvalue weighted by Gasteiger charge is 2.09. The van der Waals surface area contributed by atoms with Gasteiger partial charge >= 0.3 is 0 Å². The Labute approximate surface area is 97.1 Å². The van der Waals surface area contributed by atoms with Gasteiger partial charge in [-0.2, -0.15) is 0 Å². The van der Waals surface area contributed by atoms with Crippen LogP contribution in [0.2, 0.25) is 10.0 Å². The van der Waals surface area contributed by atoms with Gasteiger partial charge in [0, 0.05) is 17.4 Å². The van der Waals surface area contributed by atoms with Crippen molar-refractivity contribution < 1.29 is 4.79 Å². The molecule has 0 aliphatic heterocycles. The van der Waals surface area contributed by atoms with Gasteiger partial charge in [0.25, 0.3) is 5.91 Å². The first-order valence-electron chi connectivity index (χ1n) is 3.94. The first kappa shape index (κ1) is 11.6. The maximum Gasteiger partial charge on any atom is 0.252 e. The normalized spacial score (nSPS) is 9.93. The molecule has 0 saturated carbocycles. The molecule has 0 aliphatic rings. The van der Waals surface area contributed by atoms with Crippen LogP contribution in [0.25, 0.3) is 0 Å². The van der Waals surface area contributed by atoms with Gasteiger partial charge in [-0.05, 0) is 18.2 Å². The molecule has 5 heteroatoms. The Bertz CT molecular complexity index is 341. The number of rotatable bonds is 3. The Balaban J connectivity index is 2.80. The lowest BCUT2D eigenvalue weighted by Gasteiger charge is -2.04. The standard InChI is InChI=1S/C9H8Cl3NO/c10-3-4-13-9(14)7-2-1-6(11)5-8(7)12/h1-2,5H,3-4H2,(H,13,14). The third kappa shape index (κ3) is 3.05. The van der Waals surface area contributed by atoms with Gasteiger partial charge in [0.1, 0.15) is 0 Å². The molecule has 14 heavy (non-hydrogen) atoms. The predicted octanol–water partition coefficient (Wildman–Crippen LogP) is 2.96. The maximum atomic E-state index is 11.4. The van der Waals surface area contributed by atoms with Gasteiger partial charge in [0.2, 0.25) is 0 Å². The molecule has 76 valence electrons. The minimum atomic E-state index is -0.243. The highest BCUT2D eigenvalue weighted by Crippen LogP contribution is 2.20. The van der Waals surface area contributed by atoms with Crippen LogP contribution in [0.15, 0.2) is 18.2 Å². The van der Waals surface area contributed by atoms with E-state index in [0.717, 1.165) is 0 Å². The first-order chi connectivity index (χ1) is 6.65. The summed E-state index contributed by atoms with van der Waals surface area (Å²) in [4.78, 5) is 11.4. The number of alkyl halides is 1. The number of carbonyl (C=O) groups is 1. The van der Waals surface area contributed by atoms with E-state index in [2.05, 4.69) is 5.32 Å². The highest BCUT2D eigenvalue weighted by molar-refractivity contribution is 6.36. The fourth-order valence-electron chi connectivity index (χ4n) is 0.930. The quantitative estimate of drug-likeness (QED) is 0.824. The predicted molar refractivity (Wildman–Crippen MR) is 59.5 cm³/mol. The van der Waals surface area contributed by atoms with Crippen LogP contribution in [0.3, 0.4) is 0 Å². The summed E-state index contributed by atoms with van der Waals surface area (Å²) < 4.78 is 0. The van der Waals surface area contributed by atoms with Crippen LogP contribution >= 0.6 is 34.8 Å². The lowest BCUT2D eigenvalue weighted by molar-refractivity contribution is 0.0956. The van der Waals surface area contributed by atoms with E-state index < -0.39 is 0 Å². The average Bonchev–Trinajstić information content (AvgIpc) is 2.14. The van der Waals surface area contributed by atoms with E-state index in [0.29, 0.717) is 28.0 Å². The zero-order valence-electron chi connectivity index (χ0n) is 7.19. The summed E-state index contributed by atoms with van der Waals surface area (Å²) in [5.41, 5.74) is 0.404. The topological polar surface area (TPSA) is 29.1 Å². The molecule has 0 aromatic heterocycles. The molecular formula is C9H8Cl3NO. The molecule has 1 aromatic rings. The molecule has 2 nitrogen and oxygen atoms in total. The molecule has 0 spiro atoms. The Morgan fingerprint density at radius 2 is 2.07 bits per heavy atom. The van der Waals surface area contributed by atoms with Gasteiger partial charge < -0.3 is 5.32 Å². The van der Waals surface area contributed by atoms with E-state index >= 15 is 0 Å². The third-order valence-electron chi connectivity index (χ3n) is 1.56. The van der Waals surface area contributed by atoms with Gasteiger partial charge in [0.15, 0.2) is 0 Å². The summed E-state index contributed by atoms with van der Waals surface area (Å²) in [7, 11) is 0. The number of carbonyl (C=O) groups excluding carboxylic acids is 1. The molecule has 0 fully saturated rings. The van der Waals surface area contributed by atoms with Gasteiger partial charge in [-0.1, -0.05) is 23.2 Å². The van der Waals surface area contributed by atoms with Crippen molar-refractivity contribution >= 4 is 40.7 Å². The van der Waals surface area contributed by atoms with Crippen molar-refractivity contribution in [3.8, 4) is 0 Å². The van der Waals surface area contributed by atoms with Crippen LogP contribution in [-0.2, 0) is 0 Å². The summed E-state index contributed by atoms with van der Waals surface area (Å²) in [5, 5.41) is 3.45. The van der Waals surface area contributed by atoms with Crippen molar-refractivity contribution in [3.05, 3.63) is 33.8 Å². The van der Waals surface area contributed by atoms with Crippen molar-refractivity contribution in [2.24, 2.45) is 0 Å². The molecule has 0 heterocycles. The van der Waals surface area contributed by atoms with E-state index in [1.165, 1.54) is 6.07 Å². The van der Waals surface area contributed by atoms with E-state index in [4.69, 9.17) is 34.8 Å². The van der Waals surface area contributed by atoms with E-state index in [1.807, 2.05) is 0 Å². The maximum absolute atomic E-state index is 11.4.